The molecule has 0 saturated carbocycles. The number of hydrogen-bond donors (Lipinski definition) is 0. The van der Waals surface area contributed by atoms with Crippen LogP contribution in [0.5, 0.6) is 0 Å². The Kier molecular flexibility index (Phi) is 2.24. The second-order valence-electron chi connectivity index (χ2n) is 3.43. The van der Waals surface area contributed by atoms with Crippen molar-refractivity contribution in [3.05, 3.63) is 11.2 Å². The predicted molar refractivity (Wildman–Crippen MR) is 50.5 cm³/mol. The zero-order valence-electron chi connectivity index (χ0n) is 6.92. The second kappa shape index (κ2) is 2.87. The van der Waals surface area contributed by atoms with E-state index < -0.39 is 8.07 Å². The Balaban J connectivity index is 2.98. The van der Waals surface area contributed by atoms with E-state index in [-0.39, 0.29) is 0 Å². The molecule has 0 saturated heterocycles. The van der Waals surface area contributed by atoms with Crippen LogP contribution in [0.1, 0.15) is 9.80 Å². The summed E-state index contributed by atoms with van der Waals surface area (Å²) in [6.45, 7) is 6.74. The van der Waals surface area contributed by atoms with Gasteiger partial charge in [-0.3, -0.25) is 4.79 Å². The number of hydrogen-bond acceptors (Lipinski definition) is 3. The second-order valence-corrected chi connectivity index (χ2v) is 9.89. The zero-order chi connectivity index (χ0) is 8.48. The number of nitrogens with zero attached hydrogens (tertiary/aromatic N) is 1. The SMILES string of the molecule is C[Si](C)(C)c1cnc(C=O)s1. The van der Waals surface area contributed by atoms with Crippen LogP contribution in [0.2, 0.25) is 19.6 Å². The van der Waals surface area contributed by atoms with Gasteiger partial charge in [0, 0.05) is 10.7 Å². The Labute approximate surface area is 71.3 Å². The summed E-state index contributed by atoms with van der Waals surface area (Å²) in [5.74, 6) is 0. The van der Waals surface area contributed by atoms with Gasteiger partial charge in [0.2, 0.25) is 0 Å². The predicted octanol–water partition coefficient (Wildman–Crippen LogP) is 1.50. The Morgan fingerprint density at radius 3 is 2.45 bits per heavy atom. The molecule has 1 rings (SSSR count). The lowest BCUT2D eigenvalue weighted by Gasteiger charge is -2.10. The van der Waals surface area contributed by atoms with Crippen molar-refractivity contribution in [1.82, 2.24) is 4.98 Å². The van der Waals surface area contributed by atoms with E-state index in [4.69, 9.17) is 0 Å². The molecular formula is C7H11NOSSi. The average Bonchev–Trinajstić information content (AvgIpc) is 2.32. The molecule has 0 aromatic carbocycles. The Morgan fingerprint density at radius 1 is 1.55 bits per heavy atom. The van der Waals surface area contributed by atoms with E-state index in [2.05, 4.69) is 24.6 Å². The highest BCUT2D eigenvalue weighted by Crippen LogP contribution is 2.08. The first-order chi connectivity index (χ1) is 5.04. The molecule has 0 radical (unpaired) electrons. The van der Waals surface area contributed by atoms with Crippen molar-refractivity contribution < 1.29 is 4.79 Å². The first-order valence-corrected chi connectivity index (χ1v) is 7.77. The molecular weight excluding hydrogens is 174 g/mol. The fourth-order valence-electron chi connectivity index (χ4n) is 0.689. The van der Waals surface area contributed by atoms with Crippen LogP contribution in [0.15, 0.2) is 6.20 Å². The maximum atomic E-state index is 10.3. The minimum absolute atomic E-state index is 0.599. The lowest BCUT2D eigenvalue weighted by atomic mass is 10.8. The maximum Gasteiger partial charge on any atom is 0.178 e. The lowest BCUT2D eigenvalue weighted by molar-refractivity contribution is 0.112. The fourth-order valence-corrected chi connectivity index (χ4v) is 3.16. The van der Waals surface area contributed by atoms with E-state index in [1.165, 1.54) is 15.8 Å². The van der Waals surface area contributed by atoms with Crippen molar-refractivity contribution in [2.24, 2.45) is 0 Å². The van der Waals surface area contributed by atoms with Crippen LogP contribution in [0, 0.1) is 0 Å². The van der Waals surface area contributed by atoms with E-state index >= 15 is 0 Å². The van der Waals surface area contributed by atoms with Crippen LogP contribution < -0.4 is 4.50 Å². The van der Waals surface area contributed by atoms with Crippen LogP contribution in [0.25, 0.3) is 0 Å². The molecule has 1 aromatic heterocycles. The molecule has 1 aromatic rings. The summed E-state index contributed by atoms with van der Waals surface area (Å²) in [5.41, 5.74) is 0. The molecule has 4 heteroatoms. The third-order valence-corrected chi connectivity index (χ3v) is 5.85. The number of carbonyl (C=O) groups excluding carboxylic acids is 1. The molecule has 0 fully saturated rings. The number of thiazole rings is 1. The van der Waals surface area contributed by atoms with Gasteiger partial charge in [0.15, 0.2) is 11.3 Å². The topological polar surface area (TPSA) is 30.0 Å². The zero-order valence-corrected chi connectivity index (χ0v) is 8.73. The quantitative estimate of drug-likeness (QED) is 0.516. The molecule has 60 valence electrons. The largest absolute Gasteiger partial charge is 0.295 e. The smallest absolute Gasteiger partial charge is 0.178 e. The van der Waals surface area contributed by atoms with Gasteiger partial charge in [0.25, 0.3) is 0 Å². The number of carbonyl (C=O) groups is 1. The third kappa shape index (κ3) is 1.97. The molecule has 0 spiro atoms. The number of aldehydes is 1. The standard InChI is InChI=1S/C7H11NOSSi/c1-11(2,3)7-4-8-6(5-9)10-7/h4-5H,1-3H3. The third-order valence-electron chi connectivity index (χ3n) is 1.36. The van der Waals surface area contributed by atoms with Gasteiger partial charge in [0.1, 0.15) is 0 Å². The highest BCUT2D eigenvalue weighted by atomic mass is 32.1. The minimum Gasteiger partial charge on any atom is -0.295 e. The van der Waals surface area contributed by atoms with Crippen molar-refractivity contribution in [1.29, 1.82) is 0 Å². The molecule has 11 heavy (non-hydrogen) atoms. The first-order valence-electron chi connectivity index (χ1n) is 3.45. The summed E-state index contributed by atoms with van der Waals surface area (Å²) < 4.78 is 1.29. The summed E-state index contributed by atoms with van der Waals surface area (Å²) in [6, 6.07) is 0. The van der Waals surface area contributed by atoms with Gasteiger partial charge in [-0.15, -0.1) is 11.3 Å². The molecule has 0 aliphatic carbocycles. The Bertz CT molecular complexity index is 264. The fraction of sp³-hybridized carbons (Fsp3) is 0.429. The van der Waals surface area contributed by atoms with E-state index in [9.17, 15) is 4.79 Å². The summed E-state index contributed by atoms with van der Waals surface area (Å²) in [7, 11) is -1.23. The van der Waals surface area contributed by atoms with Crippen molar-refractivity contribution in [2.45, 2.75) is 19.6 Å². The maximum absolute atomic E-state index is 10.3. The van der Waals surface area contributed by atoms with Crippen molar-refractivity contribution in [3.63, 3.8) is 0 Å². The van der Waals surface area contributed by atoms with Crippen molar-refractivity contribution in [3.8, 4) is 0 Å². The molecule has 0 bridgehead atoms. The summed E-state index contributed by atoms with van der Waals surface area (Å²) >= 11 is 1.52. The molecule has 0 aliphatic rings. The number of rotatable bonds is 2. The summed E-state index contributed by atoms with van der Waals surface area (Å²) in [4.78, 5) is 14.3. The van der Waals surface area contributed by atoms with E-state index in [1.807, 2.05) is 6.20 Å². The van der Waals surface area contributed by atoms with Gasteiger partial charge in [-0.2, -0.15) is 0 Å². The monoisotopic (exact) mass is 185 g/mol. The molecule has 0 amide bonds. The van der Waals surface area contributed by atoms with E-state index in [0.717, 1.165) is 6.29 Å². The molecule has 0 aliphatic heterocycles. The van der Waals surface area contributed by atoms with Gasteiger partial charge in [-0.05, 0) is 0 Å². The Morgan fingerprint density at radius 2 is 2.18 bits per heavy atom. The molecule has 0 unspecified atom stereocenters. The molecule has 1 heterocycles. The minimum atomic E-state index is -1.23. The summed E-state index contributed by atoms with van der Waals surface area (Å²) in [6.07, 6.45) is 2.65. The Hall–Kier alpha value is -0.483. The van der Waals surface area contributed by atoms with Crippen molar-refractivity contribution >= 4 is 30.2 Å². The highest BCUT2D eigenvalue weighted by Gasteiger charge is 2.19. The van der Waals surface area contributed by atoms with Gasteiger partial charge in [-0.1, -0.05) is 19.6 Å². The van der Waals surface area contributed by atoms with Crippen LogP contribution in [0.4, 0.5) is 0 Å². The first kappa shape index (κ1) is 8.61. The van der Waals surface area contributed by atoms with Gasteiger partial charge < -0.3 is 0 Å². The average molecular weight is 185 g/mol. The van der Waals surface area contributed by atoms with Gasteiger partial charge in [-0.25, -0.2) is 4.98 Å². The van der Waals surface area contributed by atoms with Gasteiger partial charge in [0.05, 0.1) is 8.07 Å². The number of aromatic nitrogens is 1. The molecule has 2 nitrogen and oxygen atoms in total. The van der Waals surface area contributed by atoms with Crippen molar-refractivity contribution in [2.75, 3.05) is 0 Å². The molecule has 0 atom stereocenters. The van der Waals surface area contributed by atoms with Crippen LogP contribution >= 0.6 is 11.3 Å². The van der Waals surface area contributed by atoms with E-state index in [0.29, 0.717) is 5.01 Å². The van der Waals surface area contributed by atoms with Crippen LogP contribution in [0.3, 0.4) is 0 Å². The van der Waals surface area contributed by atoms with Crippen LogP contribution in [-0.4, -0.2) is 19.3 Å². The normalized spacial score (nSPS) is 11.5. The van der Waals surface area contributed by atoms with Crippen LogP contribution in [-0.2, 0) is 0 Å². The van der Waals surface area contributed by atoms with E-state index in [1.54, 1.807) is 0 Å². The van der Waals surface area contributed by atoms with Gasteiger partial charge >= 0.3 is 0 Å². The highest BCUT2D eigenvalue weighted by molar-refractivity contribution is 7.27. The molecule has 0 N–H and O–H groups in total. The summed E-state index contributed by atoms with van der Waals surface area (Å²) in [5, 5.41) is 0.599. The lowest BCUT2D eigenvalue weighted by Crippen LogP contribution is -2.34.